The molecule has 210 valence electrons. The van der Waals surface area contributed by atoms with Crippen LogP contribution in [-0.4, -0.2) is 47.1 Å². The molecule has 0 fully saturated rings. The van der Waals surface area contributed by atoms with Crippen molar-refractivity contribution in [3.63, 3.8) is 0 Å². The van der Waals surface area contributed by atoms with E-state index in [0.717, 1.165) is 11.1 Å². The summed E-state index contributed by atoms with van der Waals surface area (Å²) >= 11 is 1.28. The molecule has 2 aromatic heterocycles. The number of oxazole rings is 1. The van der Waals surface area contributed by atoms with Crippen LogP contribution in [0.1, 0.15) is 34.6 Å². The van der Waals surface area contributed by atoms with Crippen molar-refractivity contribution in [1.82, 2.24) is 9.97 Å². The number of benzene rings is 2. The number of methoxy groups -OCH3 is 2. The van der Waals surface area contributed by atoms with Gasteiger partial charge in [-0.05, 0) is 49.1 Å². The number of thioether (sulfide) groups is 1. The number of hydrogen-bond donors (Lipinski definition) is 3. The quantitative estimate of drug-likeness (QED) is 0.214. The van der Waals surface area contributed by atoms with E-state index in [2.05, 4.69) is 22.1 Å². The lowest BCUT2D eigenvalue weighted by atomic mass is 9.95. The predicted molar refractivity (Wildman–Crippen MR) is 154 cm³/mol. The second kappa shape index (κ2) is 13.2. The van der Waals surface area contributed by atoms with Crippen LogP contribution in [0.3, 0.4) is 0 Å². The van der Waals surface area contributed by atoms with Crippen LogP contribution in [0.25, 0.3) is 22.6 Å². The molecule has 0 spiro atoms. The molecule has 4 rings (SSSR count). The van der Waals surface area contributed by atoms with Crippen LogP contribution < -0.4 is 15.2 Å². The molecule has 0 aliphatic carbocycles. The maximum Gasteiger partial charge on any atom is 0.226 e. The van der Waals surface area contributed by atoms with E-state index < -0.39 is 6.10 Å². The van der Waals surface area contributed by atoms with E-state index in [4.69, 9.17) is 24.7 Å². The van der Waals surface area contributed by atoms with Crippen molar-refractivity contribution >= 4 is 17.6 Å². The van der Waals surface area contributed by atoms with Gasteiger partial charge in [-0.1, -0.05) is 36.0 Å². The molecule has 10 nitrogen and oxygen atoms in total. The van der Waals surface area contributed by atoms with Crippen molar-refractivity contribution in [2.75, 3.05) is 26.6 Å². The molecule has 0 radical (unpaired) electrons. The maximum absolute atomic E-state index is 10.1. The van der Waals surface area contributed by atoms with Gasteiger partial charge in [0.2, 0.25) is 5.89 Å². The fraction of sp³-hybridized carbons (Fsp3) is 0.267. The third-order valence-corrected chi connectivity index (χ3v) is 7.49. The smallest absolute Gasteiger partial charge is 0.226 e. The summed E-state index contributed by atoms with van der Waals surface area (Å²) in [6, 6.07) is 17.0. The van der Waals surface area contributed by atoms with Gasteiger partial charge in [-0.15, -0.1) is 0 Å². The molecular formula is C30H29N5O5S. The predicted octanol–water partition coefficient (Wildman–Crippen LogP) is 4.63. The molecule has 0 unspecified atom stereocenters. The number of rotatable bonds is 11. The van der Waals surface area contributed by atoms with E-state index in [1.54, 1.807) is 26.4 Å². The zero-order chi connectivity index (χ0) is 29.5. The van der Waals surface area contributed by atoms with Gasteiger partial charge in [-0.2, -0.15) is 10.5 Å². The molecular weight excluding hydrogens is 542 g/mol. The summed E-state index contributed by atoms with van der Waals surface area (Å²) in [6.07, 6.45) is 0.203. The van der Waals surface area contributed by atoms with E-state index in [1.165, 1.54) is 11.8 Å². The molecule has 0 aliphatic heterocycles. The number of aliphatic hydroxyl groups excluding tert-OH is 2. The van der Waals surface area contributed by atoms with Crippen molar-refractivity contribution in [1.29, 1.82) is 10.5 Å². The number of hydrogen-bond acceptors (Lipinski definition) is 11. The highest BCUT2D eigenvalue weighted by atomic mass is 32.2. The van der Waals surface area contributed by atoms with Gasteiger partial charge in [0.05, 0.1) is 38.2 Å². The Bertz CT molecular complexity index is 1620. The fourth-order valence-corrected chi connectivity index (χ4v) is 5.24. The van der Waals surface area contributed by atoms with Crippen molar-refractivity contribution < 1.29 is 24.1 Å². The number of pyridine rings is 1. The molecule has 0 saturated heterocycles. The number of ether oxygens (including phenoxy) is 2. The van der Waals surface area contributed by atoms with Gasteiger partial charge >= 0.3 is 0 Å². The topological polar surface area (TPSA) is 171 Å². The number of aromatic nitrogens is 2. The van der Waals surface area contributed by atoms with Crippen LogP contribution in [0.2, 0.25) is 0 Å². The Hall–Kier alpha value is -4.55. The fourth-order valence-electron chi connectivity index (χ4n) is 4.25. The third-order valence-electron chi connectivity index (χ3n) is 6.50. The van der Waals surface area contributed by atoms with Crippen molar-refractivity contribution in [3.05, 3.63) is 70.6 Å². The number of nitriles is 2. The van der Waals surface area contributed by atoms with Crippen LogP contribution in [0.4, 0.5) is 5.82 Å². The lowest BCUT2D eigenvalue weighted by molar-refractivity contribution is 0.0886. The second-order valence-corrected chi connectivity index (χ2v) is 10.1. The molecule has 4 N–H and O–H groups in total. The van der Waals surface area contributed by atoms with Gasteiger partial charge < -0.3 is 29.8 Å². The minimum Gasteiger partial charge on any atom is -0.493 e. The summed E-state index contributed by atoms with van der Waals surface area (Å²) in [5.41, 5.74) is 9.95. The lowest BCUT2D eigenvalue weighted by Crippen LogP contribution is -2.12. The minimum atomic E-state index is -0.784. The molecule has 1 atom stereocenters. The zero-order valence-electron chi connectivity index (χ0n) is 22.8. The largest absolute Gasteiger partial charge is 0.493 e. The van der Waals surface area contributed by atoms with Crippen LogP contribution in [0, 0.1) is 29.6 Å². The number of nitrogens with two attached hydrogens (primary N) is 1. The highest BCUT2D eigenvalue weighted by Gasteiger charge is 2.22. The molecule has 0 amide bonds. The first-order valence-electron chi connectivity index (χ1n) is 12.7. The van der Waals surface area contributed by atoms with E-state index >= 15 is 0 Å². The summed E-state index contributed by atoms with van der Waals surface area (Å²) in [7, 11) is 3.12. The normalized spacial score (nSPS) is 11.5. The average Bonchev–Trinajstić information content (AvgIpc) is 3.38. The second-order valence-electron chi connectivity index (χ2n) is 9.10. The summed E-state index contributed by atoms with van der Waals surface area (Å²) in [4.78, 5) is 9.04. The van der Waals surface area contributed by atoms with Crippen LogP contribution >= 0.6 is 11.8 Å². The first-order valence-corrected chi connectivity index (χ1v) is 13.6. The zero-order valence-corrected chi connectivity index (χ0v) is 23.7. The monoisotopic (exact) mass is 571 g/mol. The van der Waals surface area contributed by atoms with Crippen LogP contribution in [0.15, 0.2) is 51.9 Å². The molecule has 2 aromatic carbocycles. The molecule has 0 saturated carbocycles. The molecule has 41 heavy (non-hydrogen) atoms. The van der Waals surface area contributed by atoms with Gasteiger partial charge in [0, 0.05) is 16.9 Å². The summed E-state index contributed by atoms with van der Waals surface area (Å²) < 4.78 is 16.6. The number of nitrogen functional groups attached to an aromatic ring is 1. The van der Waals surface area contributed by atoms with Gasteiger partial charge in [-0.25, -0.2) is 9.97 Å². The maximum atomic E-state index is 10.1. The Balaban J connectivity index is 1.62. The SMILES string of the molecule is COc1ccc(-c2nc(CSc3nc(N)c(C#N)c(-c4ccc(CC[C@H](O)CO)cc4)c3C#N)c(C)o2)cc1OC. The Labute approximate surface area is 242 Å². The summed E-state index contributed by atoms with van der Waals surface area (Å²) in [5.74, 6) is 2.55. The van der Waals surface area contributed by atoms with Crippen molar-refractivity contribution in [2.24, 2.45) is 0 Å². The molecule has 0 bridgehead atoms. The Morgan fingerprint density at radius 2 is 1.68 bits per heavy atom. The van der Waals surface area contributed by atoms with Gasteiger partial charge in [0.15, 0.2) is 11.5 Å². The highest BCUT2D eigenvalue weighted by molar-refractivity contribution is 7.98. The van der Waals surface area contributed by atoms with Crippen LogP contribution in [-0.2, 0) is 12.2 Å². The first-order chi connectivity index (χ1) is 19.8. The van der Waals surface area contributed by atoms with Crippen LogP contribution in [0.5, 0.6) is 11.5 Å². The molecule has 0 aliphatic rings. The van der Waals surface area contributed by atoms with Crippen molar-refractivity contribution in [2.45, 2.75) is 36.6 Å². The molecule has 4 aromatic rings. The molecule has 11 heteroatoms. The van der Waals surface area contributed by atoms with E-state index in [1.807, 2.05) is 37.3 Å². The Morgan fingerprint density at radius 3 is 2.32 bits per heavy atom. The number of anilines is 1. The van der Waals surface area contributed by atoms with Gasteiger partial charge in [0.25, 0.3) is 0 Å². The number of aliphatic hydroxyl groups is 2. The Kier molecular flexibility index (Phi) is 9.48. The summed E-state index contributed by atoms with van der Waals surface area (Å²) in [6.45, 7) is 1.52. The third kappa shape index (κ3) is 6.44. The standard InChI is InChI=1S/C30H29N5O5S/c1-17-24(34-29(40-17)20-9-11-25(38-2)26(12-20)39-3)16-41-30-23(14-32)27(22(13-31)28(33)35-30)19-7-4-18(5-8-19)6-10-21(37)15-36/h4-5,7-9,11-12,21,36-37H,6,10,15-16H2,1-3H3,(H2,33,35)/t21-/m0/s1. The minimum absolute atomic E-state index is 0.0297. The van der Waals surface area contributed by atoms with E-state index in [9.17, 15) is 15.6 Å². The summed E-state index contributed by atoms with van der Waals surface area (Å²) in [5, 5.41) is 39.0. The first kappa shape index (κ1) is 29.4. The lowest BCUT2D eigenvalue weighted by Gasteiger charge is -2.13. The molecule has 2 heterocycles. The van der Waals surface area contributed by atoms with Crippen molar-refractivity contribution in [3.8, 4) is 46.2 Å². The van der Waals surface area contributed by atoms with Gasteiger partial charge in [-0.3, -0.25) is 0 Å². The Morgan fingerprint density at radius 1 is 1.00 bits per heavy atom. The number of aryl methyl sites for hydroxylation is 2. The van der Waals surface area contributed by atoms with Gasteiger partial charge in [0.1, 0.15) is 34.3 Å². The van der Waals surface area contributed by atoms with E-state index in [-0.39, 0.29) is 23.6 Å². The number of nitrogens with zero attached hydrogens (tertiary/aromatic N) is 4. The highest BCUT2D eigenvalue weighted by Crippen LogP contribution is 2.38. The van der Waals surface area contributed by atoms with E-state index in [0.29, 0.717) is 63.6 Å². The average molecular weight is 572 g/mol.